The lowest BCUT2D eigenvalue weighted by atomic mass is 9.88. The zero-order chi connectivity index (χ0) is 17.7. The van der Waals surface area contributed by atoms with Gasteiger partial charge in [0.1, 0.15) is 5.60 Å². The predicted octanol–water partition coefficient (Wildman–Crippen LogP) is 7.83. The summed E-state index contributed by atoms with van der Waals surface area (Å²) in [6.45, 7) is 2.69. The molecule has 0 atom stereocenters. The van der Waals surface area contributed by atoms with E-state index in [4.69, 9.17) is 104 Å². The van der Waals surface area contributed by atoms with Crippen molar-refractivity contribution in [2.45, 2.75) is 30.8 Å². The highest BCUT2D eigenvalue weighted by Crippen LogP contribution is 2.52. The average molecular weight is 487 g/mol. The molecule has 125 valence electrons. The summed E-state index contributed by atoms with van der Waals surface area (Å²) in [5.74, 6) is 0. The SMILES string of the molecule is CC(C)([O])c1c(C(Cl)(Cl)Cl)cc(C(Cl)(Cl)Cl)cc1C(Cl)(Cl)Cl. The zero-order valence-electron chi connectivity index (χ0n) is 11.0. The van der Waals surface area contributed by atoms with Crippen LogP contribution in [0.15, 0.2) is 12.1 Å². The van der Waals surface area contributed by atoms with Crippen LogP contribution in [0.25, 0.3) is 0 Å². The molecule has 1 aromatic carbocycles. The van der Waals surface area contributed by atoms with Crippen molar-refractivity contribution in [1.82, 2.24) is 0 Å². The van der Waals surface area contributed by atoms with E-state index >= 15 is 0 Å². The van der Waals surface area contributed by atoms with Gasteiger partial charge >= 0.3 is 0 Å². The quantitative estimate of drug-likeness (QED) is 0.360. The van der Waals surface area contributed by atoms with E-state index in [0.29, 0.717) is 0 Å². The smallest absolute Gasteiger partial charge is 0.216 e. The van der Waals surface area contributed by atoms with Crippen LogP contribution in [-0.2, 0) is 22.1 Å². The van der Waals surface area contributed by atoms with Crippen molar-refractivity contribution in [3.05, 3.63) is 34.4 Å². The summed E-state index contributed by atoms with van der Waals surface area (Å²) < 4.78 is -5.82. The molecule has 0 fully saturated rings. The normalized spacial score (nSPS) is 14.4. The number of rotatable bonds is 1. The minimum atomic E-state index is -1.98. The third-order valence-corrected chi connectivity index (χ3v) is 4.55. The monoisotopic (exact) mass is 483 g/mol. The third-order valence-electron chi connectivity index (χ3n) is 2.68. The van der Waals surface area contributed by atoms with Gasteiger partial charge in [0.05, 0.1) is 0 Å². The van der Waals surface area contributed by atoms with E-state index in [-0.39, 0.29) is 22.3 Å². The molecule has 0 unspecified atom stereocenters. The largest absolute Gasteiger partial charge is 0.225 e. The van der Waals surface area contributed by atoms with E-state index in [9.17, 15) is 5.11 Å². The fourth-order valence-corrected chi connectivity index (χ4v) is 3.12. The maximum atomic E-state index is 12.6. The molecule has 0 bridgehead atoms. The van der Waals surface area contributed by atoms with E-state index in [1.807, 2.05) is 0 Å². The molecule has 1 rings (SSSR count). The standard InChI is InChI=1S/C12H8Cl9O/c1-9(2,22)8-6(11(16,17)18)3-5(10(13,14)15)4-7(8)12(19,20)21/h3-4H,1-2H3. The molecule has 22 heavy (non-hydrogen) atoms. The van der Waals surface area contributed by atoms with Gasteiger partial charge in [-0.05, 0) is 26.0 Å². The van der Waals surface area contributed by atoms with Crippen LogP contribution in [0.4, 0.5) is 0 Å². The second-order valence-electron chi connectivity index (χ2n) is 4.95. The molecule has 0 heterocycles. The van der Waals surface area contributed by atoms with Crippen molar-refractivity contribution in [1.29, 1.82) is 0 Å². The fourth-order valence-electron chi connectivity index (χ4n) is 1.90. The molecular weight excluding hydrogens is 479 g/mol. The highest BCUT2D eigenvalue weighted by atomic mass is 35.6. The Morgan fingerprint density at radius 1 is 0.682 bits per heavy atom. The number of alkyl halides is 9. The Hall–Kier alpha value is 1.79. The minimum Gasteiger partial charge on any atom is -0.225 e. The Morgan fingerprint density at radius 3 is 1.18 bits per heavy atom. The number of hydrogen-bond acceptors (Lipinski definition) is 0. The summed E-state index contributed by atoms with van der Waals surface area (Å²) in [7, 11) is 0. The second-order valence-corrected chi connectivity index (χ2v) is 11.8. The van der Waals surface area contributed by atoms with Gasteiger partial charge in [0.2, 0.25) is 11.4 Å². The Morgan fingerprint density at radius 2 is 1.00 bits per heavy atom. The Kier molecular flexibility index (Phi) is 6.78. The van der Waals surface area contributed by atoms with E-state index in [1.165, 1.54) is 26.0 Å². The van der Waals surface area contributed by atoms with Crippen LogP contribution in [0.1, 0.15) is 36.1 Å². The molecule has 0 amide bonds. The van der Waals surface area contributed by atoms with Gasteiger partial charge in [-0.3, -0.25) is 0 Å². The van der Waals surface area contributed by atoms with Crippen molar-refractivity contribution in [2.75, 3.05) is 0 Å². The number of benzene rings is 1. The van der Waals surface area contributed by atoms with Gasteiger partial charge in [0.25, 0.3) is 0 Å². The summed E-state index contributed by atoms with van der Waals surface area (Å²) in [4.78, 5) is 0. The number of halogens is 9. The summed E-state index contributed by atoms with van der Waals surface area (Å²) in [5, 5.41) is 12.6. The van der Waals surface area contributed by atoms with Crippen molar-refractivity contribution >= 4 is 104 Å². The van der Waals surface area contributed by atoms with Gasteiger partial charge in [-0.25, -0.2) is 5.11 Å². The highest BCUT2D eigenvalue weighted by molar-refractivity contribution is 6.68. The predicted molar refractivity (Wildman–Crippen MR) is 97.9 cm³/mol. The number of hydrogen-bond donors (Lipinski definition) is 0. The summed E-state index contributed by atoms with van der Waals surface area (Å²) in [5.41, 5.74) is -1.63. The fraction of sp³-hybridized carbons (Fsp3) is 0.500. The topological polar surface area (TPSA) is 19.9 Å². The zero-order valence-corrected chi connectivity index (χ0v) is 17.8. The third kappa shape index (κ3) is 5.39. The molecular formula is C12H8Cl9O. The van der Waals surface area contributed by atoms with Gasteiger partial charge in [0, 0.05) is 22.3 Å². The van der Waals surface area contributed by atoms with Crippen molar-refractivity contribution < 1.29 is 5.11 Å². The Balaban J connectivity index is 3.96. The van der Waals surface area contributed by atoms with Crippen molar-refractivity contribution in [3.63, 3.8) is 0 Å². The molecule has 0 aliphatic heterocycles. The lowest BCUT2D eigenvalue weighted by molar-refractivity contribution is -0.00157. The molecule has 1 radical (unpaired) electrons. The minimum absolute atomic E-state index is 0.0114. The van der Waals surface area contributed by atoms with E-state index in [1.54, 1.807) is 0 Å². The van der Waals surface area contributed by atoms with Gasteiger partial charge < -0.3 is 0 Å². The first-order chi connectivity index (χ1) is 9.45. The van der Waals surface area contributed by atoms with E-state index in [0.717, 1.165) is 0 Å². The van der Waals surface area contributed by atoms with Crippen LogP contribution in [0.2, 0.25) is 0 Å². The molecule has 1 aromatic rings. The first-order valence-electron chi connectivity index (χ1n) is 5.56. The summed E-state index contributed by atoms with van der Waals surface area (Å²) in [6, 6.07) is 2.60. The molecule has 0 aromatic heterocycles. The maximum Gasteiger partial charge on any atom is 0.216 e. The molecule has 0 aliphatic carbocycles. The van der Waals surface area contributed by atoms with Crippen LogP contribution in [0.5, 0.6) is 0 Å². The van der Waals surface area contributed by atoms with Crippen LogP contribution >= 0.6 is 104 Å². The second kappa shape index (κ2) is 6.83. The molecule has 0 aliphatic rings. The first kappa shape index (κ1) is 21.8. The molecule has 0 spiro atoms. The first-order valence-corrected chi connectivity index (χ1v) is 8.96. The van der Waals surface area contributed by atoms with Gasteiger partial charge in [0.15, 0.2) is 0 Å². The van der Waals surface area contributed by atoms with Gasteiger partial charge in [-0.1, -0.05) is 104 Å². The highest BCUT2D eigenvalue weighted by Gasteiger charge is 2.41. The Labute approximate surface area is 173 Å². The summed E-state index contributed by atoms with van der Waals surface area (Å²) >= 11 is 53.3. The van der Waals surface area contributed by atoms with Gasteiger partial charge in [-0.15, -0.1) is 0 Å². The lowest BCUT2D eigenvalue weighted by Gasteiger charge is -2.30. The summed E-state index contributed by atoms with van der Waals surface area (Å²) in [6.07, 6.45) is 0. The van der Waals surface area contributed by atoms with E-state index in [2.05, 4.69) is 0 Å². The van der Waals surface area contributed by atoms with Crippen molar-refractivity contribution in [2.24, 2.45) is 0 Å². The molecule has 0 saturated carbocycles. The molecule has 0 N–H and O–H groups in total. The van der Waals surface area contributed by atoms with Crippen molar-refractivity contribution in [3.8, 4) is 0 Å². The van der Waals surface area contributed by atoms with Crippen LogP contribution in [0, 0.1) is 0 Å². The van der Waals surface area contributed by atoms with Gasteiger partial charge in [-0.2, -0.15) is 0 Å². The van der Waals surface area contributed by atoms with E-state index < -0.39 is 17.0 Å². The molecule has 10 heteroatoms. The molecule has 1 nitrogen and oxygen atoms in total. The van der Waals surface area contributed by atoms with Crippen LogP contribution < -0.4 is 0 Å². The average Bonchev–Trinajstić information content (AvgIpc) is 2.22. The van der Waals surface area contributed by atoms with Crippen LogP contribution in [0.3, 0.4) is 0 Å². The Bertz CT molecular complexity index is 523. The van der Waals surface area contributed by atoms with Crippen LogP contribution in [-0.4, -0.2) is 0 Å². The molecule has 0 saturated heterocycles. The maximum absolute atomic E-state index is 12.6. The lowest BCUT2D eigenvalue weighted by Crippen LogP contribution is -2.26.